The SMILES string of the molecule is O=C(Nc1cc([N+](=O)[O-])ccc1Cl)[C@H]1C[C@@H]1c1ccccc1. The summed E-state index contributed by atoms with van der Waals surface area (Å²) in [5.74, 6) is -0.0624. The van der Waals surface area contributed by atoms with E-state index in [1.165, 1.54) is 18.2 Å². The molecule has 2 aromatic rings. The third-order valence-electron chi connectivity index (χ3n) is 3.77. The number of nitro groups is 1. The summed E-state index contributed by atoms with van der Waals surface area (Å²) in [6.45, 7) is 0. The lowest BCUT2D eigenvalue weighted by Gasteiger charge is -2.07. The Morgan fingerprint density at radius 2 is 1.95 bits per heavy atom. The van der Waals surface area contributed by atoms with Gasteiger partial charge in [0.05, 0.1) is 15.6 Å². The molecule has 5 nitrogen and oxygen atoms in total. The number of nitro benzene ring substituents is 1. The molecule has 1 fully saturated rings. The Morgan fingerprint density at radius 1 is 1.23 bits per heavy atom. The molecule has 0 unspecified atom stereocenters. The maximum atomic E-state index is 12.3. The molecular weight excluding hydrogens is 304 g/mol. The number of carbonyl (C=O) groups excluding carboxylic acids is 1. The molecule has 0 bridgehead atoms. The van der Waals surface area contributed by atoms with Gasteiger partial charge in [-0.1, -0.05) is 41.9 Å². The molecule has 0 saturated heterocycles. The molecule has 1 N–H and O–H groups in total. The third-order valence-corrected chi connectivity index (χ3v) is 4.10. The van der Waals surface area contributed by atoms with Crippen LogP contribution < -0.4 is 5.32 Å². The lowest BCUT2D eigenvalue weighted by molar-refractivity contribution is -0.384. The highest BCUT2D eigenvalue weighted by molar-refractivity contribution is 6.33. The van der Waals surface area contributed by atoms with Crippen molar-refractivity contribution in [3.63, 3.8) is 0 Å². The number of benzene rings is 2. The number of amides is 1. The van der Waals surface area contributed by atoms with E-state index in [-0.39, 0.29) is 34.1 Å². The summed E-state index contributed by atoms with van der Waals surface area (Å²) in [4.78, 5) is 22.5. The van der Waals surface area contributed by atoms with Crippen molar-refractivity contribution in [3.8, 4) is 0 Å². The van der Waals surface area contributed by atoms with Gasteiger partial charge >= 0.3 is 0 Å². The second-order valence-corrected chi connectivity index (χ2v) is 5.68. The fraction of sp³-hybridized carbons (Fsp3) is 0.188. The van der Waals surface area contributed by atoms with Crippen LogP contribution in [0.25, 0.3) is 0 Å². The molecule has 1 aliphatic rings. The zero-order valence-corrected chi connectivity index (χ0v) is 12.3. The van der Waals surface area contributed by atoms with E-state index in [9.17, 15) is 14.9 Å². The quantitative estimate of drug-likeness (QED) is 0.684. The Hall–Kier alpha value is -2.40. The molecule has 2 atom stereocenters. The average Bonchev–Trinajstić information content (AvgIpc) is 3.31. The highest BCUT2D eigenvalue weighted by Gasteiger charge is 2.43. The first-order chi connectivity index (χ1) is 10.6. The summed E-state index contributed by atoms with van der Waals surface area (Å²) in [5.41, 5.74) is 1.31. The number of carbonyl (C=O) groups is 1. The van der Waals surface area contributed by atoms with E-state index in [1.54, 1.807) is 0 Å². The normalized spacial score (nSPS) is 19.5. The van der Waals surface area contributed by atoms with Crippen LogP contribution in [0.2, 0.25) is 5.02 Å². The van der Waals surface area contributed by atoms with Gasteiger partial charge in [-0.2, -0.15) is 0 Å². The third kappa shape index (κ3) is 2.94. The standard InChI is InChI=1S/C16H13ClN2O3/c17-14-7-6-11(19(21)22)8-15(14)18-16(20)13-9-12(13)10-4-2-1-3-5-10/h1-8,12-13H,9H2,(H,18,20)/t12-,13+/m1/s1. The van der Waals surface area contributed by atoms with Crippen molar-refractivity contribution in [3.05, 3.63) is 69.2 Å². The number of nitrogens with zero attached hydrogens (tertiary/aromatic N) is 1. The smallest absolute Gasteiger partial charge is 0.271 e. The van der Waals surface area contributed by atoms with Crippen LogP contribution in [-0.4, -0.2) is 10.8 Å². The maximum Gasteiger partial charge on any atom is 0.271 e. The van der Waals surface area contributed by atoms with Crippen molar-refractivity contribution in [2.24, 2.45) is 5.92 Å². The molecule has 0 radical (unpaired) electrons. The molecule has 1 amide bonds. The van der Waals surface area contributed by atoms with Gasteiger partial charge in [-0.05, 0) is 24.0 Å². The molecule has 3 rings (SSSR count). The Bertz CT molecular complexity index is 733. The topological polar surface area (TPSA) is 72.2 Å². The van der Waals surface area contributed by atoms with Gasteiger partial charge in [0.25, 0.3) is 5.69 Å². The van der Waals surface area contributed by atoms with E-state index >= 15 is 0 Å². The number of non-ortho nitro benzene ring substituents is 1. The lowest BCUT2D eigenvalue weighted by Crippen LogP contribution is -2.15. The number of hydrogen-bond acceptors (Lipinski definition) is 3. The minimum atomic E-state index is -0.518. The number of hydrogen-bond donors (Lipinski definition) is 1. The van der Waals surface area contributed by atoms with Crippen LogP contribution in [0.15, 0.2) is 48.5 Å². The molecule has 112 valence electrons. The molecule has 2 aromatic carbocycles. The van der Waals surface area contributed by atoms with Crippen LogP contribution in [0.1, 0.15) is 17.9 Å². The molecule has 0 spiro atoms. The average molecular weight is 317 g/mol. The molecule has 0 aromatic heterocycles. The molecule has 1 aliphatic carbocycles. The van der Waals surface area contributed by atoms with Gasteiger partial charge in [0, 0.05) is 18.1 Å². The first-order valence-corrected chi connectivity index (χ1v) is 7.24. The molecule has 6 heteroatoms. The van der Waals surface area contributed by atoms with Crippen LogP contribution in [0.4, 0.5) is 11.4 Å². The van der Waals surface area contributed by atoms with E-state index in [0.29, 0.717) is 0 Å². The first kappa shape index (κ1) is 14.5. The minimum absolute atomic E-state index is 0.102. The van der Waals surface area contributed by atoms with Gasteiger partial charge in [0.2, 0.25) is 5.91 Å². The Kier molecular flexibility index (Phi) is 3.81. The van der Waals surface area contributed by atoms with E-state index < -0.39 is 4.92 Å². The number of nitrogens with one attached hydrogen (secondary N) is 1. The maximum absolute atomic E-state index is 12.3. The largest absolute Gasteiger partial charge is 0.324 e. The van der Waals surface area contributed by atoms with Gasteiger partial charge in [-0.15, -0.1) is 0 Å². The predicted octanol–water partition coefficient (Wildman–Crippen LogP) is 3.99. The number of anilines is 1. The molecule has 1 saturated carbocycles. The minimum Gasteiger partial charge on any atom is -0.324 e. The van der Waals surface area contributed by atoms with Crippen molar-refractivity contribution >= 4 is 28.9 Å². The van der Waals surface area contributed by atoms with Crippen molar-refractivity contribution in [1.29, 1.82) is 0 Å². The predicted molar refractivity (Wildman–Crippen MR) is 84.0 cm³/mol. The van der Waals surface area contributed by atoms with Crippen LogP contribution >= 0.6 is 11.6 Å². The van der Waals surface area contributed by atoms with Gasteiger partial charge in [-0.3, -0.25) is 14.9 Å². The fourth-order valence-electron chi connectivity index (χ4n) is 2.50. The summed E-state index contributed by atoms with van der Waals surface area (Å²) >= 11 is 5.99. The first-order valence-electron chi connectivity index (χ1n) is 6.86. The van der Waals surface area contributed by atoms with Crippen molar-refractivity contribution in [2.75, 3.05) is 5.32 Å². The highest BCUT2D eigenvalue weighted by Crippen LogP contribution is 2.48. The van der Waals surface area contributed by atoms with E-state index in [4.69, 9.17) is 11.6 Å². The van der Waals surface area contributed by atoms with E-state index in [0.717, 1.165) is 12.0 Å². The van der Waals surface area contributed by atoms with Crippen molar-refractivity contribution in [2.45, 2.75) is 12.3 Å². The molecule has 0 heterocycles. The second kappa shape index (κ2) is 5.77. The lowest BCUT2D eigenvalue weighted by atomic mass is 10.1. The van der Waals surface area contributed by atoms with E-state index in [1.807, 2.05) is 30.3 Å². The summed E-state index contributed by atoms with van der Waals surface area (Å²) in [7, 11) is 0. The number of rotatable bonds is 4. The van der Waals surface area contributed by atoms with Gasteiger partial charge < -0.3 is 5.32 Å². The zero-order chi connectivity index (χ0) is 15.7. The zero-order valence-electron chi connectivity index (χ0n) is 11.5. The summed E-state index contributed by atoms with van der Waals surface area (Å²) < 4.78 is 0. The van der Waals surface area contributed by atoms with Gasteiger partial charge in [0.15, 0.2) is 0 Å². The van der Waals surface area contributed by atoms with Crippen molar-refractivity contribution in [1.82, 2.24) is 0 Å². The van der Waals surface area contributed by atoms with Crippen LogP contribution in [0, 0.1) is 16.0 Å². The Labute approximate surface area is 132 Å². The molecule has 22 heavy (non-hydrogen) atoms. The van der Waals surface area contributed by atoms with Gasteiger partial charge in [-0.25, -0.2) is 0 Å². The molecular formula is C16H13ClN2O3. The summed E-state index contributed by atoms with van der Waals surface area (Å²) in [5, 5.41) is 13.8. The Morgan fingerprint density at radius 3 is 2.64 bits per heavy atom. The summed E-state index contributed by atoms with van der Waals surface area (Å²) in [6.07, 6.45) is 0.780. The fourth-order valence-corrected chi connectivity index (χ4v) is 2.67. The monoisotopic (exact) mass is 316 g/mol. The van der Waals surface area contributed by atoms with Crippen LogP contribution in [-0.2, 0) is 4.79 Å². The van der Waals surface area contributed by atoms with Crippen molar-refractivity contribution < 1.29 is 9.72 Å². The van der Waals surface area contributed by atoms with Crippen LogP contribution in [0.3, 0.4) is 0 Å². The highest BCUT2D eigenvalue weighted by atomic mass is 35.5. The Balaban J connectivity index is 1.71. The van der Waals surface area contributed by atoms with Gasteiger partial charge in [0.1, 0.15) is 0 Å². The summed E-state index contributed by atoms with van der Waals surface area (Å²) in [6, 6.07) is 13.8. The second-order valence-electron chi connectivity index (χ2n) is 5.27. The number of halogens is 1. The molecule has 0 aliphatic heterocycles. The van der Waals surface area contributed by atoms with Crippen LogP contribution in [0.5, 0.6) is 0 Å². The van der Waals surface area contributed by atoms with E-state index in [2.05, 4.69) is 5.32 Å².